The number of aromatic amines is 1. The van der Waals surface area contributed by atoms with Gasteiger partial charge in [0.25, 0.3) is 5.91 Å². The Hall–Kier alpha value is -3.08. The van der Waals surface area contributed by atoms with Crippen LogP contribution in [0.15, 0.2) is 48.5 Å². The Balaban J connectivity index is 1.91. The molecule has 3 aromatic rings. The van der Waals surface area contributed by atoms with Crippen molar-refractivity contribution in [2.45, 2.75) is 38.8 Å². The summed E-state index contributed by atoms with van der Waals surface area (Å²) in [6.07, 6.45) is 0.734. The number of aromatic nitrogens is 1. The molecule has 3 heterocycles. The summed E-state index contributed by atoms with van der Waals surface area (Å²) in [4.78, 5) is 33.9. The van der Waals surface area contributed by atoms with Gasteiger partial charge >= 0.3 is 0 Å². The van der Waals surface area contributed by atoms with Gasteiger partial charge in [-0.25, -0.2) is 0 Å². The highest BCUT2D eigenvalue weighted by molar-refractivity contribution is 6.13. The number of H-pyrrole nitrogens is 1. The Morgan fingerprint density at radius 2 is 1.82 bits per heavy atom. The molecule has 2 aliphatic rings. The summed E-state index contributed by atoms with van der Waals surface area (Å²) in [6.45, 7) is 6.11. The van der Waals surface area contributed by atoms with Crippen molar-refractivity contribution in [1.82, 2.24) is 9.88 Å². The number of carbonyl (C=O) groups is 2. The molecular weight excluding hydrogens is 350 g/mol. The van der Waals surface area contributed by atoms with Crippen LogP contribution in [-0.4, -0.2) is 34.3 Å². The molecular formula is C23H23N3O2. The third kappa shape index (κ3) is 1.91. The minimum atomic E-state index is -1.13. The first-order chi connectivity index (χ1) is 13.5. The Morgan fingerprint density at radius 1 is 1.11 bits per heavy atom. The average molecular weight is 373 g/mol. The van der Waals surface area contributed by atoms with Crippen LogP contribution in [0.3, 0.4) is 0 Å². The standard InChI is InChI=1S/C23H23N3O2/c1-14(2)26-20-11-7-5-9-18(20)23(22(26)28)21-17(12-13-25(23)15(3)27)16-8-4-6-10-19(16)24-21/h4-11,14,24H,12-13H2,1-3H3/t23-/m0/s1. The van der Waals surface area contributed by atoms with Gasteiger partial charge in [-0.05, 0) is 38.0 Å². The van der Waals surface area contributed by atoms with E-state index in [1.807, 2.05) is 61.2 Å². The highest BCUT2D eigenvalue weighted by Gasteiger charge is 2.60. The number of benzene rings is 2. The van der Waals surface area contributed by atoms with E-state index in [2.05, 4.69) is 11.1 Å². The van der Waals surface area contributed by atoms with Crippen LogP contribution in [-0.2, 0) is 21.5 Å². The van der Waals surface area contributed by atoms with Crippen LogP contribution in [0.1, 0.15) is 37.6 Å². The Labute approximate surface area is 163 Å². The van der Waals surface area contributed by atoms with Gasteiger partial charge in [-0.15, -0.1) is 0 Å². The predicted octanol–water partition coefficient (Wildman–Crippen LogP) is 3.57. The number of amides is 2. The van der Waals surface area contributed by atoms with E-state index in [1.54, 1.807) is 11.8 Å². The van der Waals surface area contributed by atoms with Gasteiger partial charge in [0, 0.05) is 36.0 Å². The van der Waals surface area contributed by atoms with Gasteiger partial charge in [0.2, 0.25) is 5.91 Å². The summed E-state index contributed by atoms with van der Waals surface area (Å²) in [5.41, 5.74) is 3.64. The second-order valence-corrected chi connectivity index (χ2v) is 7.94. The molecule has 0 bridgehead atoms. The van der Waals surface area contributed by atoms with E-state index in [0.29, 0.717) is 6.54 Å². The molecule has 1 atom stereocenters. The first-order valence-corrected chi connectivity index (χ1v) is 9.79. The second kappa shape index (κ2) is 5.71. The number of rotatable bonds is 1. The molecule has 2 aliphatic heterocycles. The zero-order chi connectivity index (χ0) is 19.6. The van der Waals surface area contributed by atoms with E-state index in [0.717, 1.165) is 39.8 Å². The summed E-state index contributed by atoms with van der Waals surface area (Å²) in [6, 6.07) is 16.0. The molecule has 5 nitrogen and oxygen atoms in total. The van der Waals surface area contributed by atoms with E-state index in [1.165, 1.54) is 0 Å². The fraction of sp³-hybridized carbons (Fsp3) is 0.304. The van der Waals surface area contributed by atoms with Gasteiger partial charge < -0.3 is 14.8 Å². The lowest BCUT2D eigenvalue weighted by molar-refractivity contribution is -0.143. The van der Waals surface area contributed by atoms with Gasteiger partial charge in [-0.2, -0.15) is 0 Å². The second-order valence-electron chi connectivity index (χ2n) is 7.94. The van der Waals surface area contributed by atoms with Crippen LogP contribution >= 0.6 is 0 Å². The summed E-state index contributed by atoms with van der Waals surface area (Å²) < 4.78 is 0. The molecule has 28 heavy (non-hydrogen) atoms. The van der Waals surface area contributed by atoms with Crippen molar-refractivity contribution in [3.8, 4) is 0 Å². The molecule has 0 saturated carbocycles. The first kappa shape index (κ1) is 17.0. The van der Waals surface area contributed by atoms with Crippen molar-refractivity contribution in [3.05, 3.63) is 65.4 Å². The van der Waals surface area contributed by atoms with Crippen molar-refractivity contribution < 1.29 is 9.59 Å². The molecule has 0 radical (unpaired) electrons. The largest absolute Gasteiger partial charge is 0.355 e. The van der Waals surface area contributed by atoms with E-state index in [-0.39, 0.29) is 17.9 Å². The fourth-order valence-electron chi connectivity index (χ4n) is 5.09. The number of para-hydroxylation sites is 2. The highest BCUT2D eigenvalue weighted by atomic mass is 16.2. The molecule has 5 heteroatoms. The molecule has 1 aromatic heterocycles. The topological polar surface area (TPSA) is 56.4 Å². The van der Waals surface area contributed by atoms with E-state index < -0.39 is 5.54 Å². The lowest BCUT2D eigenvalue weighted by atomic mass is 9.80. The van der Waals surface area contributed by atoms with Crippen molar-refractivity contribution in [2.24, 2.45) is 0 Å². The molecule has 2 amide bonds. The minimum absolute atomic E-state index is 0.00316. The lowest BCUT2D eigenvalue weighted by Crippen LogP contribution is -2.59. The van der Waals surface area contributed by atoms with Crippen molar-refractivity contribution in [1.29, 1.82) is 0 Å². The van der Waals surface area contributed by atoms with E-state index >= 15 is 0 Å². The number of anilines is 1. The molecule has 1 spiro atoms. The molecule has 2 aromatic carbocycles. The molecule has 5 rings (SSSR count). The lowest BCUT2D eigenvalue weighted by Gasteiger charge is -2.43. The van der Waals surface area contributed by atoms with Crippen molar-refractivity contribution in [2.75, 3.05) is 11.4 Å². The number of hydrogen-bond donors (Lipinski definition) is 1. The maximum Gasteiger partial charge on any atom is 0.264 e. The van der Waals surface area contributed by atoms with Crippen LogP contribution in [0.5, 0.6) is 0 Å². The van der Waals surface area contributed by atoms with Crippen molar-refractivity contribution >= 4 is 28.4 Å². The number of nitrogens with zero attached hydrogens (tertiary/aromatic N) is 2. The molecule has 0 unspecified atom stereocenters. The minimum Gasteiger partial charge on any atom is -0.355 e. The van der Waals surface area contributed by atoms with Gasteiger partial charge in [0.05, 0.1) is 11.4 Å². The third-order valence-corrected chi connectivity index (χ3v) is 6.14. The fourth-order valence-corrected chi connectivity index (χ4v) is 5.09. The number of carbonyl (C=O) groups excluding carboxylic acids is 2. The molecule has 0 fully saturated rings. The van der Waals surface area contributed by atoms with Crippen LogP contribution in [0.4, 0.5) is 5.69 Å². The van der Waals surface area contributed by atoms with Crippen molar-refractivity contribution in [3.63, 3.8) is 0 Å². The quantitative estimate of drug-likeness (QED) is 0.709. The average Bonchev–Trinajstić information content (AvgIpc) is 3.17. The van der Waals surface area contributed by atoms with E-state index in [9.17, 15) is 9.59 Å². The Morgan fingerprint density at radius 3 is 2.57 bits per heavy atom. The van der Waals surface area contributed by atoms with Crippen LogP contribution < -0.4 is 4.90 Å². The summed E-state index contributed by atoms with van der Waals surface area (Å²) in [5, 5.41) is 1.13. The zero-order valence-corrected chi connectivity index (χ0v) is 16.3. The zero-order valence-electron chi connectivity index (χ0n) is 16.3. The summed E-state index contributed by atoms with van der Waals surface area (Å²) in [5.74, 6) is -0.135. The summed E-state index contributed by atoms with van der Waals surface area (Å²) in [7, 11) is 0. The number of fused-ring (bicyclic) bond motifs is 6. The number of nitrogens with one attached hydrogen (secondary N) is 1. The third-order valence-electron chi connectivity index (χ3n) is 6.14. The van der Waals surface area contributed by atoms with E-state index in [4.69, 9.17) is 0 Å². The summed E-state index contributed by atoms with van der Waals surface area (Å²) >= 11 is 0. The van der Waals surface area contributed by atoms with Crippen LogP contribution in [0.25, 0.3) is 10.9 Å². The molecule has 1 N–H and O–H groups in total. The van der Waals surface area contributed by atoms with Gasteiger partial charge in [-0.1, -0.05) is 36.4 Å². The van der Waals surface area contributed by atoms with Gasteiger partial charge in [-0.3, -0.25) is 9.59 Å². The maximum absolute atomic E-state index is 14.0. The Kier molecular flexibility index (Phi) is 3.48. The van der Waals surface area contributed by atoms with Crippen LogP contribution in [0.2, 0.25) is 0 Å². The maximum atomic E-state index is 14.0. The SMILES string of the molecule is CC(=O)N1CCc2c([nH]c3ccccc23)[C@@]12C(=O)N(C(C)C)c1ccccc12. The van der Waals surface area contributed by atoms with Gasteiger partial charge in [0.15, 0.2) is 5.54 Å². The van der Waals surface area contributed by atoms with Gasteiger partial charge in [0.1, 0.15) is 0 Å². The first-order valence-electron chi connectivity index (χ1n) is 9.79. The Bertz CT molecular complexity index is 1130. The molecule has 142 valence electrons. The normalized spacial score (nSPS) is 20.9. The smallest absolute Gasteiger partial charge is 0.264 e. The highest BCUT2D eigenvalue weighted by Crippen LogP contribution is 2.52. The monoisotopic (exact) mass is 373 g/mol. The molecule has 0 saturated heterocycles. The molecule has 0 aliphatic carbocycles. The van der Waals surface area contributed by atoms with Crippen LogP contribution in [0, 0.1) is 0 Å². The predicted molar refractivity (Wildman–Crippen MR) is 109 cm³/mol. The number of hydrogen-bond acceptors (Lipinski definition) is 2.